The Labute approximate surface area is 467 Å². The summed E-state index contributed by atoms with van der Waals surface area (Å²) in [4.78, 5) is 11.4. The Morgan fingerprint density at radius 3 is 1.26 bits per heavy atom. The van der Waals surface area contributed by atoms with Crippen LogP contribution in [0.25, 0.3) is 0 Å². The van der Waals surface area contributed by atoms with Crippen molar-refractivity contribution >= 4 is 23.0 Å². The molecule has 0 aliphatic carbocycles. The van der Waals surface area contributed by atoms with Gasteiger partial charge in [0, 0.05) is 28.2 Å². The van der Waals surface area contributed by atoms with Crippen LogP contribution in [-0.4, -0.2) is 137 Å². The van der Waals surface area contributed by atoms with Gasteiger partial charge in [-0.15, -0.1) is 0 Å². The Balaban J connectivity index is 0.000000599. The van der Waals surface area contributed by atoms with Crippen LogP contribution in [0, 0.1) is 5.92 Å². The monoisotopic (exact) mass is 1110 g/mol. The number of aliphatic hydroxyl groups is 6. The normalized spacial score (nSPS) is 23.9. The first-order valence-electron chi connectivity index (χ1n) is 26.1. The molecular weight excluding hydrogens is 1000 g/mol. The van der Waals surface area contributed by atoms with Crippen LogP contribution in [-0.2, 0) is 48.3 Å². The molecule has 10 atom stereocenters. The number of aliphatic carboxylic acids is 1. The molecule has 0 amide bonds. The van der Waals surface area contributed by atoms with Crippen molar-refractivity contribution in [1.82, 2.24) is 0 Å². The van der Waals surface area contributed by atoms with Gasteiger partial charge in [-0.1, -0.05) is 46.0 Å². The van der Waals surface area contributed by atoms with Crippen molar-refractivity contribution in [3.8, 4) is 11.5 Å². The summed E-state index contributed by atoms with van der Waals surface area (Å²) in [6.07, 6.45) is -12.1. The van der Waals surface area contributed by atoms with Crippen LogP contribution in [0.5, 0.6) is 11.5 Å². The van der Waals surface area contributed by atoms with Crippen LogP contribution in [0.2, 0.25) is 0 Å². The molecule has 0 spiro atoms. The maximum atomic E-state index is 11.4. The lowest BCUT2D eigenvalue weighted by molar-refractivity contribution is -0.277. The van der Waals surface area contributed by atoms with E-state index >= 15 is 0 Å². The fourth-order valence-corrected chi connectivity index (χ4v) is 7.31. The number of benzene rings is 3. The molecule has 0 saturated carbocycles. The lowest BCUT2D eigenvalue weighted by atomic mass is 9.92. The molecule has 448 valence electrons. The summed E-state index contributed by atoms with van der Waals surface area (Å²) in [5, 5.41) is 79.2. The number of rotatable bonds is 15. The fourth-order valence-electron chi connectivity index (χ4n) is 7.31. The lowest BCUT2D eigenvalue weighted by Crippen LogP contribution is -2.60. The minimum absolute atomic E-state index is 0. The number of carbonyl (C=O) groups is 1. The molecule has 2 saturated heterocycles. The van der Waals surface area contributed by atoms with Gasteiger partial charge in [-0.2, -0.15) is 0 Å². The van der Waals surface area contributed by atoms with Crippen molar-refractivity contribution in [3.63, 3.8) is 0 Å². The van der Waals surface area contributed by atoms with Crippen LogP contribution >= 0.6 is 0 Å². The van der Waals surface area contributed by atoms with Crippen molar-refractivity contribution in [2.75, 3.05) is 22.6 Å². The Morgan fingerprint density at radius 2 is 0.885 bits per heavy atom. The summed E-state index contributed by atoms with van der Waals surface area (Å²) in [6.45, 7) is 39.3. The van der Waals surface area contributed by atoms with E-state index in [4.69, 9.17) is 33.2 Å². The summed E-state index contributed by atoms with van der Waals surface area (Å²) in [5.74, 6) is -1.13. The minimum Gasteiger partial charge on any atom is -0.479 e. The molecule has 2 aliphatic heterocycles. The maximum absolute atomic E-state index is 11.4. The summed E-state index contributed by atoms with van der Waals surface area (Å²) in [5.41, 5.74) is 4.54. The second-order valence-electron chi connectivity index (χ2n) is 25.7. The van der Waals surface area contributed by atoms with E-state index < -0.39 is 73.8 Å². The molecule has 78 heavy (non-hydrogen) atoms. The van der Waals surface area contributed by atoms with Gasteiger partial charge in [-0.25, -0.2) is 4.79 Å². The number of hydrogen-bond acceptors (Lipinski definition) is 17. The standard InChI is InChI=1S/C22H35NO7.C21H35NO7.C15H25NO.2CH4/c1-12-16(24)17(25)18(19(26)27)30-20(12)29-15-9-8-13(11-28-22(5,6)7)10-14(15)23-21(2,3)4;1-20(2,3)22-13-9-12(11-27-21(4,5)6)7-8-14(13)28-19-18(26)17(25)16(24)15(10-23)29-19;1-14(2,3)16-13-9-7-12(8-10-13)11-17-15(4,5)6;;/h8-10,12,16-18,20,23-25H,11H2,1-7H3,(H,26,27);7-9,15-19,22-26H,10-11H2,1-6H3;7-10,16H,11H2,1-6H3;2*1H4. The zero-order valence-electron chi connectivity index (χ0n) is 48.8. The molecule has 2 aliphatic rings. The summed E-state index contributed by atoms with van der Waals surface area (Å²) >= 11 is 0. The number of hydrogen-bond donors (Lipinski definition) is 10. The van der Waals surface area contributed by atoms with E-state index in [0.717, 1.165) is 16.8 Å². The molecule has 2 heterocycles. The van der Waals surface area contributed by atoms with E-state index in [1.807, 2.05) is 107 Å². The number of aliphatic hydroxyl groups excluding tert-OH is 6. The predicted octanol–water partition coefficient (Wildman–Crippen LogP) is 9.63. The van der Waals surface area contributed by atoms with E-state index in [-0.39, 0.29) is 48.3 Å². The van der Waals surface area contributed by atoms with E-state index in [2.05, 4.69) is 81.8 Å². The van der Waals surface area contributed by atoms with Gasteiger partial charge in [0.1, 0.15) is 42.0 Å². The largest absolute Gasteiger partial charge is 0.479 e. The summed E-state index contributed by atoms with van der Waals surface area (Å²) < 4.78 is 40.2. The summed E-state index contributed by atoms with van der Waals surface area (Å²) in [6, 6.07) is 19.5. The second kappa shape index (κ2) is 29.4. The zero-order chi connectivity index (χ0) is 57.9. The molecule has 3 aromatic rings. The van der Waals surface area contributed by atoms with Gasteiger partial charge < -0.3 is 84.9 Å². The lowest BCUT2D eigenvalue weighted by Gasteiger charge is -2.40. The SMILES string of the molecule is C.C.CC(C)(C)Nc1cc(COC(C)(C)C)ccc1OC1OC(CO)C(O)C(O)C1O.CC(C)(C)Nc1ccc(COC(C)(C)C)cc1.CC1C(Oc2ccc(COC(C)(C)C)cc2NC(C)(C)C)OC(C(=O)O)C(O)C1O. The Hall–Kier alpha value is -4.31. The van der Waals surface area contributed by atoms with Crippen molar-refractivity contribution < 1.29 is 73.7 Å². The average Bonchev–Trinajstić information content (AvgIpc) is 3.27. The number of anilines is 3. The van der Waals surface area contributed by atoms with E-state index in [9.17, 15) is 40.5 Å². The van der Waals surface area contributed by atoms with Crippen LogP contribution in [0.1, 0.15) is 163 Å². The molecule has 0 radical (unpaired) electrons. The first kappa shape index (κ1) is 71.7. The highest BCUT2D eigenvalue weighted by atomic mass is 16.7. The molecule has 3 aromatic carbocycles. The number of ether oxygens (including phenoxy) is 7. The molecule has 5 rings (SSSR count). The van der Waals surface area contributed by atoms with Gasteiger partial charge in [0.2, 0.25) is 12.6 Å². The first-order valence-corrected chi connectivity index (χ1v) is 26.1. The predicted molar refractivity (Wildman–Crippen MR) is 309 cm³/mol. The first-order chi connectivity index (χ1) is 34.6. The van der Waals surface area contributed by atoms with Gasteiger partial charge >= 0.3 is 5.97 Å². The summed E-state index contributed by atoms with van der Waals surface area (Å²) in [7, 11) is 0. The fraction of sp³-hybridized carbons (Fsp3) is 0.683. The van der Waals surface area contributed by atoms with Crippen LogP contribution in [0.15, 0.2) is 60.7 Å². The maximum Gasteiger partial charge on any atom is 0.335 e. The van der Waals surface area contributed by atoms with E-state index in [1.165, 1.54) is 5.56 Å². The van der Waals surface area contributed by atoms with Gasteiger partial charge in [0.25, 0.3) is 0 Å². The minimum atomic E-state index is -1.57. The smallest absolute Gasteiger partial charge is 0.335 e. The van der Waals surface area contributed by atoms with E-state index in [1.54, 1.807) is 19.1 Å². The average molecular weight is 1110 g/mol. The van der Waals surface area contributed by atoms with Crippen molar-refractivity contribution in [2.45, 2.75) is 255 Å². The van der Waals surface area contributed by atoms with Crippen molar-refractivity contribution in [3.05, 3.63) is 77.4 Å². The molecule has 18 nitrogen and oxygen atoms in total. The molecule has 18 heteroatoms. The molecule has 0 bridgehead atoms. The van der Waals surface area contributed by atoms with Gasteiger partial charge in [0.15, 0.2) is 6.10 Å². The number of carboxylic acids is 1. The topological polar surface area (TPSA) is 259 Å². The highest BCUT2D eigenvalue weighted by Gasteiger charge is 2.47. The quantitative estimate of drug-likeness (QED) is 0.0679. The van der Waals surface area contributed by atoms with Crippen molar-refractivity contribution in [1.29, 1.82) is 0 Å². The van der Waals surface area contributed by atoms with Crippen LogP contribution in [0.3, 0.4) is 0 Å². The Kier molecular flexibility index (Phi) is 27.0. The molecule has 10 N–H and O–H groups in total. The third kappa shape index (κ3) is 25.4. The van der Waals surface area contributed by atoms with Gasteiger partial charge in [-0.05, 0) is 178 Å². The van der Waals surface area contributed by atoms with E-state index in [0.29, 0.717) is 42.7 Å². The molecule has 0 aromatic heterocycles. The number of carboxylic acid groups (broad SMARTS) is 1. The Bertz CT molecular complexity index is 2240. The number of nitrogens with one attached hydrogen (secondary N) is 3. The third-order valence-corrected chi connectivity index (χ3v) is 11.1. The second-order valence-corrected chi connectivity index (χ2v) is 25.7. The van der Waals surface area contributed by atoms with Gasteiger partial charge in [0.05, 0.1) is 60.7 Å². The van der Waals surface area contributed by atoms with Crippen LogP contribution in [0.4, 0.5) is 17.1 Å². The highest BCUT2D eigenvalue weighted by molar-refractivity contribution is 5.73. The van der Waals surface area contributed by atoms with Crippen LogP contribution < -0.4 is 25.4 Å². The molecular formula is C60H103N3O15. The van der Waals surface area contributed by atoms with Gasteiger partial charge in [-0.3, -0.25) is 0 Å². The molecule has 10 unspecified atom stereocenters. The third-order valence-electron chi connectivity index (χ3n) is 11.1. The Morgan fingerprint density at radius 1 is 0.500 bits per heavy atom. The van der Waals surface area contributed by atoms with Crippen molar-refractivity contribution in [2.24, 2.45) is 5.92 Å². The highest BCUT2D eigenvalue weighted by Crippen LogP contribution is 2.36. The zero-order valence-corrected chi connectivity index (χ0v) is 48.8. The molecule has 2 fully saturated rings.